The zero-order valence-corrected chi connectivity index (χ0v) is 18.0. The third-order valence-electron chi connectivity index (χ3n) is 4.79. The number of hydrogen-bond acceptors (Lipinski definition) is 4. The zero-order chi connectivity index (χ0) is 21.0. The molecule has 152 valence electrons. The second kappa shape index (κ2) is 8.78. The topological polar surface area (TPSA) is 59.2 Å². The standard InChI is InChI=1S/C23H26ClN3O2/c1-23(2,3)18-9-5-16(6-10-18)15-27(4)21(28)14-13-20-25-22(26-29-20)17-7-11-19(24)12-8-17/h5-12H,13-15H2,1-4H3. The molecule has 0 unspecified atom stereocenters. The van der Waals surface area contributed by atoms with E-state index in [0.29, 0.717) is 36.1 Å². The van der Waals surface area contributed by atoms with Gasteiger partial charge in [-0.3, -0.25) is 4.79 Å². The van der Waals surface area contributed by atoms with Gasteiger partial charge in [-0.15, -0.1) is 0 Å². The Bertz CT molecular complexity index is 957. The molecule has 0 aliphatic heterocycles. The zero-order valence-electron chi connectivity index (χ0n) is 17.3. The van der Waals surface area contributed by atoms with Gasteiger partial charge >= 0.3 is 0 Å². The van der Waals surface area contributed by atoms with Crippen LogP contribution >= 0.6 is 11.6 Å². The highest BCUT2D eigenvalue weighted by Crippen LogP contribution is 2.23. The van der Waals surface area contributed by atoms with E-state index in [1.807, 2.05) is 19.2 Å². The van der Waals surface area contributed by atoms with Crippen LogP contribution in [0, 0.1) is 0 Å². The molecular weight excluding hydrogens is 386 g/mol. The molecular formula is C23H26ClN3O2. The third-order valence-corrected chi connectivity index (χ3v) is 5.04. The number of hydrogen-bond donors (Lipinski definition) is 0. The summed E-state index contributed by atoms with van der Waals surface area (Å²) in [5, 5.41) is 4.63. The molecule has 2 aromatic carbocycles. The van der Waals surface area contributed by atoms with E-state index in [0.717, 1.165) is 11.1 Å². The predicted octanol–water partition coefficient (Wildman–Crippen LogP) is 5.28. The molecule has 0 saturated heterocycles. The lowest BCUT2D eigenvalue weighted by Gasteiger charge is -2.21. The molecule has 3 rings (SSSR count). The van der Waals surface area contributed by atoms with Gasteiger partial charge in [-0.05, 0) is 40.8 Å². The number of aryl methyl sites for hydroxylation is 1. The number of carbonyl (C=O) groups excluding carboxylic acids is 1. The van der Waals surface area contributed by atoms with Crippen molar-refractivity contribution in [1.29, 1.82) is 0 Å². The summed E-state index contributed by atoms with van der Waals surface area (Å²) in [6.45, 7) is 7.14. The van der Waals surface area contributed by atoms with Gasteiger partial charge in [0.15, 0.2) is 0 Å². The molecule has 0 fully saturated rings. The average molecular weight is 412 g/mol. The number of rotatable bonds is 6. The Hall–Kier alpha value is -2.66. The summed E-state index contributed by atoms with van der Waals surface area (Å²) in [6.07, 6.45) is 0.728. The fraction of sp³-hybridized carbons (Fsp3) is 0.348. The maximum Gasteiger partial charge on any atom is 0.227 e. The van der Waals surface area contributed by atoms with Crippen molar-refractivity contribution in [2.24, 2.45) is 0 Å². The molecule has 29 heavy (non-hydrogen) atoms. The van der Waals surface area contributed by atoms with Gasteiger partial charge < -0.3 is 9.42 Å². The van der Waals surface area contributed by atoms with Crippen LogP contribution in [0.5, 0.6) is 0 Å². The van der Waals surface area contributed by atoms with Gasteiger partial charge in [-0.1, -0.05) is 61.8 Å². The Morgan fingerprint density at radius 2 is 1.72 bits per heavy atom. The maximum atomic E-state index is 12.5. The Balaban J connectivity index is 1.53. The number of aromatic nitrogens is 2. The van der Waals surface area contributed by atoms with Crippen molar-refractivity contribution in [3.05, 3.63) is 70.6 Å². The summed E-state index contributed by atoms with van der Waals surface area (Å²) in [5.41, 5.74) is 3.33. The minimum Gasteiger partial charge on any atom is -0.341 e. The average Bonchev–Trinajstić information content (AvgIpc) is 3.15. The van der Waals surface area contributed by atoms with Gasteiger partial charge in [-0.2, -0.15) is 4.98 Å². The molecule has 0 atom stereocenters. The van der Waals surface area contributed by atoms with E-state index in [2.05, 4.69) is 55.2 Å². The van der Waals surface area contributed by atoms with Crippen LogP contribution < -0.4 is 0 Å². The van der Waals surface area contributed by atoms with Crippen molar-refractivity contribution in [2.45, 2.75) is 45.6 Å². The molecule has 1 amide bonds. The lowest BCUT2D eigenvalue weighted by molar-refractivity contribution is -0.130. The first-order valence-electron chi connectivity index (χ1n) is 9.64. The van der Waals surface area contributed by atoms with E-state index in [1.54, 1.807) is 17.0 Å². The van der Waals surface area contributed by atoms with Crippen molar-refractivity contribution in [1.82, 2.24) is 15.0 Å². The third kappa shape index (κ3) is 5.67. The van der Waals surface area contributed by atoms with Crippen LogP contribution in [-0.2, 0) is 23.2 Å². The number of carbonyl (C=O) groups is 1. The summed E-state index contributed by atoms with van der Waals surface area (Å²) in [4.78, 5) is 18.6. The highest BCUT2D eigenvalue weighted by molar-refractivity contribution is 6.30. The molecule has 6 heteroatoms. The first-order chi connectivity index (χ1) is 13.7. The van der Waals surface area contributed by atoms with Crippen molar-refractivity contribution < 1.29 is 9.32 Å². The summed E-state index contributed by atoms with van der Waals surface area (Å²) in [6, 6.07) is 15.6. The van der Waals surface area contributed by atoms with E-state index in [9.17, 15) is 4.79 Å². The minimum atomic E-state index is 0.0381. The fourth-order valence-corrected chi connectivity index (χ4v) is 3.08. The van der Waals surface area contributed by atoms with Gasteiger partial charge in [-0.25, -0.2) is 0 Å². The van der Waals surface area contributed by atoms with Gasteiger partial charge in [0.05, 0.1) is 0 Å². The van der Waals surface area contributed by atoms with Crippen LogP contribution in [0.4, 0.5) is 0 Å². The van der Waals surface area contributed by atoms with Crippen LogP contribution in [0.2, 0.25) is 5.02 Å². The Labute approximate surface area is 176 Å². The molecule has 0 radical (unpaired) electrons. The lowest BCUT2D eigenvalue weighted by Crippen LogP contribution is -2.26. The largest absolute Gasteiger partial charge is 0.341 e. The first-order valence-corrected chi connectivity index (χ1v) is 10.0. The molecule has 1 heterocycles. The van der Waals surface area contributed by atoms with Gasteiger partial charge in [0.2, 0.25) is 17.6 Å². The predicted molar refractivity (Wildman–Crippen MR) is 115 cm³/mol. The van der Waals surface area contributed by atoms with E-state index in [1.165, 1.54) is 5.56 Å². The van der Waals surface area contributed by atoms with Crippen molar-refractivity contribution >= 4 is 17.5 Å². The van der Waals surface area contributed by atoms with E-state index in [4.69, 9.17) is 16.1 Å². The second-order valence-corrected chi connectivity index (χ2v) is 8.65. The van der Waals surface area contributed by atoms with Crippen LogP contribution in [0.3, 0.4) is 0 Å². The van der Waals surface area contributed by atoms with Crippen molar-refractivity contribution in [3.8, 4) is 11.4 Å². The first kappa shape index (κ1) is 21.1. The second-order valence-electron chi connectivity index (χ2n) is 8.22. The molecule has 0 saturated carbocycles. The van der Waals surface area contributed by atoms with Crippen LogP contribution in [-0.4, -0.2) is 28.0 Å². The van der Waals surface area contributed by atoms with Crippen molar-refractivity contribution in [3.63, 3.8) is 0 Å². The highest BCUT2D eigenvalue weighted by Gasteiger charge is 2.15. The number of benzene rings is 2. The monoisotopic (exact) mass is 411 g/mol. The summed E-state index contributed by atoms with van der Waals surface area (Å²) in [5.74, 6) is 0.985. The molecule has 3 aromatic rings. The smallest absolute Gasteiger partial charge is 0.227 e. The molecule has 0 bridgehead atoms. The normalized spacial score (nSPS) is 11.5. The summed E-state index contributed by atoms with van der Waals surface area (Å²) >= 11 is 5.90. The summed E-state index contributed by atoms with van der Waals surface area (Å²) < 4.78 is 5.28. The van der Waals surface area contributed by atoms with Gasteiger partial charge in [0.1, 0.15) is 0 Å². The molecule has 5 nitrogen and oxygen atoms in total. The SMILES string of the molecule is CN(Cc1ccc(C(C)(C)C)cc1)C(=O)CCc1nc(-c2ccc(Cl)cc2)no1. The number of amides is 1. The quantitative estimate of drug-likeness (QED) is 0.553. The highest BCUT2D eigenvalue weighted by atomic mass is 35.5. The molecule has 1 aromatic heterocycles. The van der Waals surface area contributed by atoms with Crippen LogP contribution in [0.15, 0.2) is 53.1 Å². The van der Waals surface area contributed by atoms with Crippen molar-refractivity contribution in [2.75, 3.05) is 7.05 Å². The Morgan fingerprint density at radius 3 is 2.34 bits per heavy atom. The van der Waals surface area contributed by atoms with E-state index in [-0.39, 0.29) is 11.3 Å². The maximum absolute atomic E-state index is 12.5. The van der Waals surface area contributed by atoms with E-state index >= 15 is 0 Å². The number of halogens is 1. The fourth-order valence-electron chi connectivity index (χ4n) is 2.95. The Morgan fingerprint density at radius 1 is 1.07 bits per heavy atom. The lowest BCUT2D eigenvalue weighted by atomic mass is 9.87. The van der Waals surface area contributed by atoms with Gasteiger partial charge in [0.25, 0.3) is 0 Å². The van der Waals surface area contributed by atoms with Crippen LogP contribution in [0.1, 0.15) is 44.2 Å². The number of nitrogens with zero attached hydrogens (tertiary/aromatic N) is 3. The molecule has 0 N–H and O–H groups in total. The van der Waals surface area contributed by atoms with Gasteiger partial charge in [0, 0.05) is 37.0 Å². The minimum absolute atomic E-state index is 0.0381. The molecule has 0 aliphatic rings. The summed E-state index contributed by atoms with van der Waals surface area (Å²) in [7, 11) is 1.81. The molecule has 0 aliphatic carbocycles. The molecule has 0 spiro atoms. The van der Waals surface area contributed by atoms with E-state index < -0.39 is 0 Å². The van der Waals surface area contributed by atoms with Crippen LogP contribution in [0.25, 0.3) is 11.4 Å². The Kier molecular flexibility index (Phi) is 6.38.